The van der Waals surface area contributed by atoms with Gasteiger partial charge in [-0.25, -0.2) is 0 Å². The average Bonchev–Trinajstić information content (AvgIpc) is 2.82. The molecule has 0 radical (unpaired) electrons. The van der Waals surface area contributed by atoms with E-state index in [0.717, 1.165) is 19.3 Å². The Morgan fingerprint density at radius 2 is 0.730 bits per heavy atom. The van der Waals surface area contributed by atoms with Gasteiger partial charge in [0, 0.05) is 46.5 Å². The van der Waals surface area contributed by atoms with E-state index in [1.165, 1.54) is 39.8 Å². The summed E-state index contributed by atoms with van der Waals surface area (Å²) in [4.78, 5) is 71.3. The van der Waals surface area contributed by atoms with Gasteiger partial charge in [-0.3, -0.25) is 28.8 Å². The first-order chi connectivity index (χ1) is 17.5. The summed E-state index contributed by atoms with van der Waals surface area (Å²) in [7, 11) is 0. The van der Waals surface area contributed by atoms with Gasteiger partial charge in [0.25, 0.3) is 0 Å². The molecule has 0 aromatic heterocycles. The quantitative estimate of drug-likeness (QED) is 0.246. The minimum atomic E-state index is -0.188. The van der Waals surface area contributed by atoms with E-state index in [9.17, 15) is 28.8 Å². The van der Waals surface area contributed by atoms with Crippen molar-refractivity contribution in [3.63, 3.8) is 0 Å². The SMILES string of the molecule is CC(=O)c1cc(NC(=O)CCCCCCCC(=O)Nc2cc(C(C)=O)cc(C(C)=O)c2)cc(C(C)=O)c1. The van der Waals surface area contributed by atoms with Crippen molar-refractivity contribution in [3.05, 3.63) is 58.7 Å². The molecule has 2 aromatic carbocycles. The van der Waals surface area contributed by atoms with Gasteiger partial charge in [-0.1, -0.05) is 19.3 Å². The highest BCUT2D eigenvalue weighted by Crippen LogP contribution is 2.19. The molecule has 8 heteroatoms. The minimum absolute atomic E-state index is 0.183. The lowest BCUT2D eigenvalue weighted by molar-refractivity contribution is -0.117. The van der Waals surface area contributed by atoms with Gasteiger partial charge in [0.2, 0.25) is 11.8 Å². The second-order valence-corrected chi connectivity index (χ2v) is 9.19. The van der Waals surface area contributed by atoms with Crippen molar-refractivity contribution in [1.29, 1.82) is 0 Å². The topological polar surface area (TPSA) is 126 Å². The summed E-state index contributed by atoms with van der Waals surface area (Å²) in [6.07, 6.45) is 4.48. The molecule has 0 saturated carbocycles. The number of hydrogen-bond donors (Lipinski definition) is 2. The van der Waals surface area contributed by atoms with Crippen LogP contribution in [0.25, 0.3) is 0 Å². The monoisotopic (exact) mass is 506 g/mol. The zero-order chi connectivity index (χ0) is 27.5. The van der Waals surface area contributed by atoms with Crippen LogP contribution in [0.5, 0.6) is 0 Å². The fraction of sp³-hybridized carbons (Fsp3) is 0.379. The summed E-state index contributed by atoms with van der Waals surface area (Å²) in [5.41, 5.74) is 2.35. The summed E-state index contributed by atoms with van der Waals surface area (Å²) < 4.78 is 0. The third kappa shape index (κ3) is 9.91. The van der Waals surface area contributed by atoms with Crippen molar-refractivity contribution >= 4 is 46.3 Å². The summed E-state index contributed by atoms with van der Waals surface area (Å²) in [5.74, 6) is -1.11. The number of unbranched alkanes of at least 4 members (excludes halogenated alkanes) is 4. The third-order valence-electron chi connectivity index (χ3n) is 5.87. The van der Waals surface area contributed by atoms with Crippen molar-refractivity contribution in [2.75, 3.05) is 10.6 Å². The molecule has 0 spiro atoms. The number of rotatable bonds is 14. The maximum absolute atomic E-state index is 12.3. The number of ketones is 4. The second-order valence-electron chi connectivity index (χ2n) is 9.19. The predicted octanol–water partition coefficient (Wildman–Crippen LogP) is 5.80. The highest BCUT2D eigenvalue weighted by molar-refractivity contribution is 6.03. The van der Waals surface area contributed by atoms with Gasteiger partial charge in [-0.2, -0.15) is 0 Å². The van der Waals surface area contributed by atoms with Crippen LogP contribution in [0.1, 0.15) is 114 Å². The molecule has 0 atom stereocenters. The number of anilines is 2. The number of carbonyl (C=O) groups excluding carboxylic acids is 6. The van der Waals surface area contributed by atoms with Crippen LogP contribution < -0.4 is 10.6 Å². The minimum Gasteiger partial charge on any atom is -0.326 e. The van der Waals surface area contributed by atoms with E-state index in [2.05, 4.69) is 10.6 Å². The van der Waals surface area contributed by atoms with Crippen LogP contribution in [0.3, 0.4) is 0 Å². The summed E-state index contributed by atoms with van der Waals surface area (Å²) in [6, 6.07) is 9.30. The normalized spacial score (nSPS) is 10.5. The summed E-state index contributed by atoms with van der Waals surface area (Å²) >= 11 is 0. The average molecular weight is 507 g/mol. The fourth-order valence-corrected chi connectivity index (χ4v) is 3.76. The summed E-state index contributed by atoms with van der Waals surface area (Å²) in [6.45, 7) is 5.63. The van der Waals surface area contributed by atoms with Gasteiger partial charge < -0.3 is 10.6 Å². The van der Waals surface area contributed by atoms with Gasteiger partial charge in [0.1, 0.15) is 0 Å². The number of benzene rings is 2. The smallest absolute Gasteiger partial charge is 0.224 e. The molecule has 8 nitrogen and oxygen atoms in total. The Morgan fingerprint density at radius 3 is 1.00 bits per heavy atom. The van der Waals surface area contributed by atoms with Gasteiger partial charge in [-0.15, -0.1) is 0 Å². The first kappa shape index (κ1) is 29.3. The second kappa shape index (κ2) is 14.0. The zero-order valence-corrected chi connectivity index (χ0v) is 21.9. The van der Waals surface area contributed by atoms with Gasteiger partial charge in [-0.05, 0) is 76.9 Å². The van der Waals surface area contributed by atoms with Crippen molar-refractivity contribution < 1.29 is 28.8 Å². The lowest BCUT2D eigenvalue weighted by atomic mass is 10.0. The number of nitrogens with one attached hydrogen (secondary N) is 2. The third-order valence-corrected chi connectivity index (χ3v) is 5.87. The fourth-order valence-electron chi connectivity index (χ4n) is 3.76. The van der Waals surface area contributed by atoms with Crippen LogP contribution in [0.15, 0.2) is 36.4 Å². The Bertz CT molecular complexity index is 1060. The van der Waals surface area contributed by atoms with E-state index >= 15 is 0 Å². The van der Waals surface area contributed by atoms with Crippen molar-refractivity contribution in [2.45, 2.75) is 72.6 Å². The Labute approximate surface area is 217 Å². The maximum atomic E-state index is 12.3. The molecule has 37 heavy (non-hydrogen) atoms. The van der Waals surface area contributed by atoms with E-state index in [1.807, 2.05) is 0 Å². The van der Waals surface area contributed by atoms with Crippen LogP contribution in [0, 0.1) is 0 Å². The lowest BCUT2D eigenvalue weighted by Gasteiger charge is -2.09. The van der Waals surface area contributed by atoms with Gasteiger partial charge in [0.05, 0.1) is 0 Å². The number of Topliss-reactive ketones (excluding diaryl/α,β-unsaturated/α-hetero) is 4. The van der Waals surface area contributed by atoms with E-state index in [0.29, 0.717) is 59.3 Å². The maximum Gasteiger partial charge on any atom is 0.224 e. The molecule has 2 aromatic rings. The molecule has 0 fully saturated rings. The molecule has 2 amide bonds. The molecule has 196 valence electrons. The summed E-state index contributed by atoms with van der Waals surface area (Å²) in [5, 5.41) is 5.51. The predicted molar refractivity (Wildman–Crippen MR) is 142 cm³/mol. The van der Waals surface area contributed by atoms with Gasteiger partial charge >= 0.3 is 0 Å². The Kier molecular flexibility index (Phi) is 11.1. The molecule has 0 aliphatic rings. The first-order valence-electron chi connectivity index (χ1n) is 12.4. The number of amides is 2. The molecule has 0 heterocycles. The first-order valence-corrected chi connectivity index (χ1v) is 12.4. The van der Waals surface area contributed by atoms with Crippen molar-refractivity contribution in [2.24, 2.45) is 0 Å². The standard InChI is InChI=1S/C29H34N2O6/c1-18(32)22-12-23(19(2)33)15-26(14-22)30-28(36)10-8-6-5-7-9-11-29(37)31-27-16-24(20(3)34)13-25(17-27)21(4)35/h12-17H,5-11H2,1-4H3,(H,30,36)(H,31,37). The van der Waals surface area contributed by atoms with E-state index in [4.69, 9.17) is 0 Å². The molecule has 0 bridgehead atoms. The molecule has 0 aliphatic carbocycles. The highest BCUT2D eigenvalue weighted by atomic mass is 16.2. The highest BCUT2D eigenvalue weighted by Gasteiger charge is 2.12. The zero-order valence-electron chi connectivity index (χ0n) is 21.9. The van der Waals surface area contributed by atoms with Gasteiger partial charge in [0.15, 0.2) is 23.1 Å². The lowest BCUT2D eigenvalue weighted by Crippen LogP contribution is -2.13. The van der Waals surface area contributed by atoms with E-state index < -0.39 is 0 Å². The Hall–Kier alpha value is -3.94. The van der Waals surface area contributed by atoms with E-state index in [1.54, 1.807) is 24.3 Å². The van der Waals surface area contributed by atoms with E-state index in [-0.39, 0.29) is 34.9 Å². The van der Waals surface area contributed by atoms with Crippen LogP contribution in [-0.4, -0.2) is 34.9 Å². The number of carbonyl (C=O) groups is 6. The Balaban J connectivity index is 1.71. The molecular weight excluding hydrogens is 472 g/mol. The molecule has 0 aliphatic heterocycles. The molecule has 2 N–H and O–H groups in total. The van der Waals surface area contributed by atoms with Crippen molar-refractivity contribution in [1.82, 2.24) is 0 Å². The molecular formula is C29H34N2O6. The molecule has 0 saturated heterocycles. The molecule has 2 rings (SSSR count). The largest absolute Gasteiger partial charge is 0.326 e. The number of hydrogen-bond acceptors (Lipinski definition) is 6. The van der Waals surface area contributed by atoms with Crippen LogP contribution in [-0.2, 0) is 9.59 Å². The van der Waals surface area contributed by atoms with Crippen molar-refractivity contribution in [3.8, 4) is 0 Å². The van der Waals surface area contributed by atoms with Crippen LogP contribution in [0.2, 0.25) is 0 Å². The van der Waals surface area contributed by atoms with Crippen LogP contribution >= 0.6 is 0 Å². The van der Waals surface area contributed by atoms with Crippen LogP contribution in [0.4, 0.5) is 11.4 Å². The Morgan fingerprint density at radius 1 is 0.459 bits per heavy atom. The molecule has 0 unspecified atom stereocenters.